The Morgan fingerprint density at radius 2 is 1.54 bits per heavy atom. The van der Waals surface area contributed by atoms with Gasteiger partial charge in [-0.1, -0.05) is 66.7 Å². The average Bonchev–Trinajstić information content (AvgIpc) is 2.76. The maximum atomic E-state index is 13.3. The van der Waals surface area contributed by atoms with E-state index in [1.54, 1.807) is 0 Å². The number of anilines is 1. The molecule has 4 nitrogen and oxygen atoms in total. The first-order valence-electron chi connectivity index (χ1n) is 9.65. The number of rotatable bonds is 3. The van der Waals surface area contributed by atoms with Crippen LogP contribution in [0.5, 0.6) is 0 Å². The minimum atomic E-state index is 0.0170. The third kappa shape index (κ3) is 2.97. The monoisotopic (exact) mass is 367 g/mol. The van der Waals surface area contributed by atoms with E-state index in [2.05, 4.69) is 41.3 Å². The van der Waals surface area contributed by atoms with Gasteiger partial charge in [-0.15, -0.1) is 0 Å². The average molecular weight is 367 g/mol. The van der Waals surface area contributed by atoms with Crippen molar-refractivity contribution in [2.24, 2.45) is 0 Å². The second-order valence-electron chi connectivity index (χ2n) is 7.25. The normalized spacial score (nSPS) is 13.5. The van der Waals surface area contributed by atoms with Gasteiger partial charge >= 0.3 is 0 Å². The summed E-state index contributed by atoms with van der Waals surface area (Å²) in [5.74, 6) is 0.752. The summed E-state index contributed by atoms with van der Waals surface area (Å²) < 4.78 is 1.82. The van der Waals surface area contributed by atoms with E-state index in [0.29, 0.717) is 11.9 Å². The van der Waals surface area contributed by atoms with Crippen molar-refractivity contribution in [3.8, 4) is 0 Å². The van der Waals surface area contributed by atoms with Gasteiger partial charge in [-0.25, -0.2) is 4.98 Å². The lowest BCUT2D eigenvalue weighted by molar-refractivity contribution is 0.651. The van der Waals surface area contributed by atoms with Crippen molar-refractivity contribution < 1.29 is 0 Å². The highest BCUT2D eigenvalue weighted by Gasteiger charge is 2.21. The maximum absolute atomic E-state index is 13.3. The van der Waals surface area contributed by atoms with Gasteiger partial charge in [-0.3, -0.25) is 9.36 Å². The molecular weight excluding hydrogens is 346 g/mol. The Balaban J connectivity index is 1.65. The molecule has 0 radical (unpaired) electrons. The van der Waals surface area contributed by atoms with E-state index < -0.39 is 0 Å². The van der Waals surface area contributed by atoms with Crippen LogP contribution >= 0.6 is 0 Å². The quantitative estimate of drug-likeness (QED) is 0.549. The fourth-order valence-corrected chi connectivity index (χ4v) is 3.97. The van der Waals surface area contributed by atoms with E-state index in [9.17, 15) is 4.79 Å². The molecular formula is C24H21N3O. The lowest BCUT2D eigenvalue weighted by Crippen LogP contribution is -2.37. The third-order valence-electron chi connectivity index (χ3n) is 5.44. The number of nitrogens with zero attached hydrogens (tertiary/aromatic N) is 3. The van der Waals surface area contributed by atoms with Crippen molar-refractivity contribution in [3.63, 3.8) is 0 Å². The number of benzene rings is 3. The molecule has 1 aliphatic heterocycles. The highest BCUT2D eigenvalue weighted by Crippen LogP contribution is 2.24. The van der Waals surface area contributed by atoms with Gasteiger partial charge in [0, 0.05) is 13.1 Å². The SMILES string of the molecule is O=c1c2ccccc2nc(N2CCc3ccccc3C2)n1Cc1ccccc1. The first-order valence-corrected chi connectivity index (χ1v) is 9.65. The third-order valence-corrected chi connectivity index (χ3v) is 5.44. The van der Waals surface area contributed by atoms with Crippen LogP contribution in [0.25, 0.3) is 10.9 Å². The Labute approximate surface area is 163 Å². The molecule has 4 heteroatoms. The molecule has 28 heavy (non-hydrogen) atoms. The summed E-state index contributed by atoms with van der Waals surface area (Å²) in [7, 11) is 0. The molecule has 0 saturated carbocycles. The maximum Gasteiger partial charge on any atom is 0.263 e. The first kappa shape index (κ1) is 16.8. The summed E-state index contributed by atoms with van der Waals surface area (Å²) in [5, 5.41) is 0.666. The molecule has 2 heterocycles. The lowest BCUT2D eigenvalue weighted by atomic mass is 10.0. The van der Waals surface area contributed by atoms with Gasteiger partial charge in [0.15, 0.2) is 0 Å². The van der Waals surface area contributed by atoms with E-state index in [1.165, 1.54) is 11.1 Å². The molecule has 0 aliphatic carbocycles. The van der Waals surface area contributed by atoms with Crippen LogP contribution in [0, 0.1) is 0 Å². The molecule has 0 spiro atoms. The second kappa shape index (κ2) is 6.97. The van der Waals surface area contributed by atoms with Crippen LogP contribution in [-0.4, -0.2) is 16.1 Å². The highest BCUT2D eigenvalue weighted by atomic mass is 16.1. The number of para-hydroxylation sites is 1. The molecule has 0 saturated heterocycles. The predicted molar refractivity (Wildman–Crippen MR) is 113 cm³/mol. The van der Waals surface area contributed by atoms with Gasteiger partial charge in [0.25, 0.3) is 5.56 Å². The Kier molecular flexibility index (Phi) is 4.17. The summed E-state index contributed by atoms with van der Waals surface area (Å²) in [6, 6.07) is 26.3. The summed E-state index contributed by atoms with van der Waals surface area (Å²) in [6.07, 6.45) is 0.963. The van der Waals surface area contributed by atoms with E-state index >= 15 is 0 Å². The van der Waals surface area contributed by atoms with Crippen molar-refractivity contribution in [1.29, 1.82) is 0 Å². The molecule has 0 unspecified atom stereocenters. The van der Waals surface area contributed by atoms with E-state index in [-0.39, 0.29) is 5.56 Å². The largest absolute Gasteiger partial charge is 0.337 e. The van der Waals surface area contributed by atoms with Crippen molar-refractivity contribution in [3.05, 3.63) is 106 Å². The number of hydrogen-bond donors (Lipinski definition) is 0. The molecule has 0 atom stereocenters. The smallest absolute Gasteiger partial charge is 0.263 e. The molecule has 4 aromatic rings. The summed E-state index contributed by atoms with van der Waals surface area (Å²) in [4.78, 5) is 20.5. The zero-order chi connectivity index (χ0) is 18.9. The highest BCUT2D eigenvalue weighted by molar-refractivity contribution is 5.78. The summed E-state index contributed by atoms with van der Waals surface area (Å²) in [5.41, 5.74) is 4.56. The van der Waals surface area contributed by atoms with Crippen molar-refractivity contribution in [2.75, 3.05) is 11.4 Å². The van der Waals surface area contributed by atoms with Gasteiger partial charge in [0.2, 0.25) is 5.95 Å². The van der Waals surface area contributed by atoms with Crippen molar-refractivity contribution in [2.45, 2.75) is 19.5 Å². The van der Waals surface area contributed by atoms with Crippen LogP contribution in [0.3, 0.4) is 0 Å². The molecule has 3 aromatic carbocycles. The molecule has 1 aromatic heterocycles. The molecule has 1 aliphatic rings. The van der Waals surface area contributed by atoms with Crippen LogP contribution in [0.1, 0.15) is 16.7 Å². The molecule has 0 fully saturated rings. The van der Waals surface area contributed by atoms with E-state index in [0.717, 1.165) is 36.5 Å². The Hall–Kier alpha value is -3.40. The molecule has 0 amide bonds. The Morgan fingerprint density at radius 1 is 0.821 bits per heavy atom. The minimum absolute atomic E-state index is 0.0170. The van der Waals surface area contributed by atoms with Crippen LogP contribution in [0.2, 0.25) is 0 Å². The second-order valence-corrected chi connectivity index (χ2v) is 7.25. The topological polar surface area (TPSA) is 38.1 Å². The first-order chi connectivity index (χ1) is 13.8. The number of aromatic nitrogens is 2. The lowest BCUT2D eigenvalue weighted by Gasteiger charge is -2.31. The van der Waals surface area contributed by atoms with Gasteiger partial charge in [0.1, 0.15) is 0 Å². The zero-order valence-corrected chi connectivity index (χ0v) is 15.6. The fourth-order valence-electron chi connectivity index (χ4n) is 3.97. The van der Waals surface area contributed by atoms with Crippen molar-refractivity contribution in [1.82, 2.24) is 9.55 Å². The molecule has 0 bridgehead atoms. The Bertz CT molecular complexity index is 1200. The fraction of sp³-hybridized carbons (Fsp3) is 0.167. The van der Waals surface area contributed by atoms with E-state index in [4.69, 9.17) is 4.98 Å². The van der Waals surface area contributed by atoms with Gasteiger partial charge in [-0.05, 0) is 35.2 Å². The number of hydrogen-bond acceptors (Lipinski definition) is 3. The van der Waals surface area contributed by atoms with E-state index in [1.807, 2.05) is 47.0 Å². The predicted octanol–water partition coefficient (Wildman–Crippen LogP) is 4.01. The van der Waals surface area contributed by atoms with Gasteiger partial charge < -0.3 is 4.90 Å². The van der Waals surface area contributed by atoms with Crippen molar-refractivity contribution >= 4 is 16.9 Å². The molecule has 138 valence electrons. The summed E-state index contributed by atoms with van der Waals surface area (Å²) >= 11 is 0. The van der Waals surface area contributed by atoms with Gasteiger partial charge in [-0.2, -0.15) is 0 Å². The van der Waals surface area contributed by atoms with Crippen LogP contribution in [0.15, 0.2) is 83.7 Å². The standard InChI is InChI=1S/C24H21N3O/c28-23-21-12-6-7-13-22(21)25-24(27(23)16-18-8-2-1-3-9-18)26-15-14-19-10-4-5-11-20(19)17-26/h1-13H,14-17H2. The number of fused-ring (bicyclic) bond motifs is 2. The zero-order valence-electron chi connectivity index (χ0n) is 15.6. The molecule has 5 rings (SSSR count). The van der Waals surface area contributed by atoms with Crippen LogP contribution in [0.4, 0.5) is 5.95 Å². The van der Waals surface area contributed by atoms with Crippen LogP contribution < -0.4 is 10.5 Å². The Morgan fingerprint density at radius 3 is 2.39 bits per heavy atom. The van der Waals surface area contributed by atoms with Crippen LogP contribution in [-0.2, 0) is 19.5 Å². The van der Waals surface area contributed by atoms with Gasteiger partial charge in [0.05, 0.1) is 17.4 Å². The minimum Gasteiger partial charge on any atom is -0.337 e. The summed E-state index contributed by atoms with van der Waals surface area (Å²) in [6.45, 7) is 2.15. The molecule has 0 N–H and O–H groups in total.